The van der Waals surface area contributed by atoms with Crippen LogP contribution in [-0.2, 0) is 22.0 Å². The second kappa shape index (κ2) is 9.81. The van der Waals surface area contributed by atoms with E-state index in [1.807, 2.05) is 11.8 Å². The lowest BCUT2D eigenvalue weighted by molar-refractivity contribution is -0.215. The first-order chi connectivity index (χ1) is 16.5. The molecule has 1 saturated carbocycles. The number of likely N-dealkylation sites (tertiary alicyclic amines) is 1. The highest BCUT2D eigenvalue weighted by Gasteiger charge is 2.50. The molecule has 0 spiro atoms. The zero-order valence-corrected chi connectivity index (χ0v) is 20.3. The summed E-state index contributed by atoms with van der Waals surface area (Å²) < 4.78 is 62.2. The number of primary amides is 1. The summed E-state index contributed by atoms with van der Waals surface area (Å²) in [6, 6.07) is 6.91. The van der Waals surface area contributed by atoms with Gasteiger partial charge in [-0.2, -0.15) is 18.3 Å². The number of aromatic nitrogens is 2. The zero-order chi connectivity index (χ0) is 25.4. The van der Waals surface area contributed by atoms with Crippen molar-refractivity contribution in [1.82, 2.24) is 14.7 Å². The van der Waals surface area contributed by atoms with E-state index in [2.05, 4.69) is 10.4 Å². The van der Waals surface area contributed by atoms with Crippen molar-refractivity contribution in [1.29, 1.82) is 0 Å². The maximum absolute atomic E-state index is 12.9. The second-order valence-electron chi connectivity index (χ2n) is 9.51. The number of nitrogens with one attached hydrogen (secondary N) is 1. The molecule has 1 aliphatic carbocycles. The van der Waals surface area contributed by atoms with Crippen molar-refractivity contribution in [3.63, 3.8) is 0 Å². The van der Waals surface area contributed by atoms with Gasteiger partial charge in [-0.3, -0.25) is 14.4 Å². The highest BCUT2D eigenvalue weighted by atomic mass is 32.2. The van der Waals surface area contributed by atoms with Gasteiger partial charge in [0.1, 0.15) is 16.3 Å². The van der Waals surface area contributed by atoms with Crippen molar-refractivity contribution >= 4 is 28.1 Å². The molecule has 2 fully saturated rings. The van der Waals surface area contributed by atoms with Crippen molar-refractivity contribution in [2.75, 3.05) is 18.4 Å². The third-order valence-electron chi connectivity index (χ3n) is 7.43. The van der Waals surface area contributed by atoms with Gasteiger partial charge in [0.2, 0.25) is 0 Å². The van der Waals surface area contributed by atoms with E-state index in [9.17, 15) is 26.4 Å². The fraction of sp³-hybridized carbons (Fsp3) is 0.565. The molecule has 192 valence electrons. The largest absolute Gasteiger partial charge is 0.394 e. The Balaban J connectivity index is 1.47. The van der Waals surface area contributed by atoms with E-state index >= 15 is 0 Å². The number of anilines is 2. The van der Waals surface area contributed by atoms with E-state index in [4.69, 9.17) is 5.73 Å². The van der Waals surface area contributed by atoms with Gasteiger partial charge in [-0.25, -0.2) is 8.42 Å². The first-order valence-electron chi connectivity index (χ1n) is 11.7. The van der Waals surface area contributed by atoms with Crippen LogP contribution >= 0.6 is 0 Å². The number of benzene rings is 1. The molecule has 2 heterocycles. The Kier molecular flexibility index (Phi) is 7.14. The van der Waals surface area contributed by atoms with Crippen LogP contribution in [0.3, 0.4) is 0 Å². The minimum Gasteiger partial charge on any atom is -0.365 e. The number of rotatable bonds is 8. The Bertz CT molecular complexity index is 1120. The van der Waals surface area contributed by atoms with E-state index in [1.165, 1.54) is 0 Å². The molecule has 4 rings (SSSR count). The Morgan fingerprint density at radius 1 is 1.20 bits per heavy atom. The van der Waals surface area contributed by atoms with Gasteiger partial charge < -0.3 is 11.1 Å². The van der Waals surface area contributed by atoms with Crippen LogP contribution < -0.4 is 11.1 Å². The zero-order valence-electron chi connectivity index (χ0n) is 19.4. The van der Waals surface area contributed by atoms with Crippen molar-refractivity contribution in [2.24, 2.45) is 11.7 Å². The Labute approximate surface area is 203 Å². The van der Waals surface area contributed by atoms with Crippen LogP contribution in [-0.4, -0.2) is 54.3 Å². The van der Waals surface area contributed by atoms with Gasteiger partial charge in [-0.15, -0.1) is 0 Å². The molecular formula is C23H30F3N5O3S. The van der Waals surface area contributed by atoms with Gasteiger partial charge in [-0.05, 0) is 49.8 Å². The van der Waals surface area contributed by atoms with E-state index in [0.717, 1.165) is 32.1 Å². The number of nitrogens with two attached hydrogens (primary N) is 1. The van der Waals surface area contributed by atoms with E-state index < -0.39 is 28.7 Å². The quantitative estimate of drug-likeness (QED) is 0.467. The molecule has 1 aromatic heterocycles. The maximum atomic E-state index is 12.9. The summed E-state index contributed by atoms with van der Waals surface area (Å²) in [7, 11) is -2.52. The summed E-state index contributed by atoms with van der Waals surface area (Å²) in [5.74, 6) is -1.59. The van der Waals surface area contributed by atoms with Gasteiger partial charge in [0.15, 0.2) is 5.82 Å². The molecule has 2 aromatic rings. The predicted molar refractivity (Wildman–Crippen MR) is 126 cm³/mol. The molecule has 12 heteroatoms. The van der Waals surface area contributed by atoms with Crippen LogP contribution in [0.1, 0.15) is 54.9 Å². The Morgan fingerprint density at radius 2 is 1.83 bits per heavy atom. The highest BCUT2D eigenvalue weighted by Crippen LogP contribution is 2.43. The summed E-state index contributed by atoms with van der Waals surface area (Å²) in [6.45, 7) is 2.18. The molecule has 1 aromatic carbocycles. The lowest BCUT2D eigenvalue weighted by Crippen LogP contribution is -2.58. The summed E-state index contributed by atoms with van der Waals surface area (Å²) in [4.78, 5) is 14.1. The molecule has 0 radical (unpaired) electrons. The van der Waals surface area contributed by atoms with Crippen LogP contribution in [0.4, 0.5) is 24.7 Å². The number of hydrogen-bond donors (Lipinski definition) is 3. The third-order valence-corrected chi connectivity index (χ3v) is 8.05. The average Bonchev–Trinajstić information content (AvgIpc) is 3.18. The first kappa shape index (κ1) is 25.5. The standard InChI is InChI=1S/C23H30F3N5O3S/c1-2-22(9-7-18(8-10-22)30-11-16(12-30)23(24,25)26)31-13-19(20(27)32)21(29-31)28-17-5-3-15(4-6-17)14-35(33)34/h3-6,13,16,18,35H,2,7-12,14H2,1H3,(H2,27,32)(H,28,29). The Hall–Kier alpha value is -2.60. The molecule has 0 unspecified atom stereocenters. The number of halogens is 3. The second-order valence-corrected chi connectivity index (χ2v) is 10.5. The topological polar surface area (TPSA) is 110 Å². The number of thiol groups is 1. The molecule has 1 saturated heterocycles. The fourth-order valence-electron chi connectivity index (χ4n) is 5.14. The molecule has 3 N–H and O–H groups in total. The summed E-state index contributed by atoms with van der Waals surface area (Å²) in [5, 5.41) is 7.76. The highest BCUT2D eigenvalue weighted by molar-refractivity contribution is 7.71. The summed E-state index contributed by atoms with van der Waals surface area (Å²) in [5.41, 5.74) is 6.79. The Morgan fingerprint density at radius 3 is 2.34 bits per heavy atom. The predicted octanol–water partition coefficient (Wildman–Crippen LogP) is 3.38. The molecule has 0 atom stereocenters. The van der Waals surface area contributed by atoms with E-state index in [1.54, 1.807) is 35.1 Å². The fourth-order valence-corrected chi connectivity index (χ4v) is 5.65. The van der Waals surface area contributed by atoms with E-state index in [0.29, 0.717) is 17.1 Å². The van der Waals surface area contributed by atoms with Crippen LogP contribution in [0.15, 0.2) is 30.5 Å². The minimum atomic E-state index is -4.13. The SMILES string of the molecule is CCC1(n2cc(C(N)=O)c(Nc3ccc(C[SH](=O)=O)cc3)n2)CCC(N2CC(C(F)(F)F)C2)CC1. The third kappa shape index (κ3) is 5.48. The maximum Gasteiger partial charge on any atom is 0.394 e. The van der Waals surface area contributed by atoms with Gasteiger partial charge in [0.25, 0.3) is 5.91 Å². The molecular weight excluding hydrogens is 483 g/mol. The lowest BCUT2D eigenvalue weighted by atomic mass is 9.76. The molecule has 1 aliphatic heterocycles. The first-order valence-corrected chi connectivity index (χ1v) is 13.1. The smallest absolute Gasteiger partial charge is 0.365 e. The number of nitrogens with zero attached hydrogens (tertiary/aromatic N) is 3. The molecule has 35 heavy (non-hydrogen) atoms. The van der Waals surface area contributed by atoms with Crippen LogP contribution in [0.5, 0.6) is 0 Å². The van der Waals surface area contributed by atoms with Gasteiger partial charge in [0, 0.05) is 31.0 Å². The molecule has 1 amide bonds. The summed E-state index contributed by atoms with van der Waals surface area (Å²) in [6.07, 6.45) is 1.27. The van der Waals surface area contributed by atoms with Gasteiger partial charge in [-0.1, -0.05) is 19.1 Å². The van der Waals surface area contributed by atoms with Crippen LogP contribution in [0.25, 0.3) is 0 Å². The average molecular weight is 514 g/mol. The van der Waals surface area contributed by atoms with Crippen LogP contribution in [0, 0.1) is 5.92 Å². The van der Waals surface area contributed by atoms with Crippen molar-refractivity contribution in [3.05, 3.63) is 41.6 Å². The van der Waals surface area contributed by atoms with Crippen molar-refractivity contribution in [3.8, 4) is 0 Å². The van der Waals surface area contributed by atoms with Crippen LogP contribution in [0.2, 0.25) is 0 Å². The lowest BCUT2D eigenvalue weighted by Gasteiger charge is -2.49. The number of alkyl halides is 3. The van der Waals surface area contributed by atoms with Gasteiger partial charge >= 0.3 is 6.18 Å². The monoisotopic (exact) mass is 513 g/mol. The number of amides is 1. The normalized spacial score (nSPS) is 23.9. The van der Waals surface area contributed by atoms with Gasteiger partial charge in [0.05, 0.1) is 17.2 Å². The number of hydrogen-bond acceptors (Lipinski definition) is 6. The molecule has 0 bridgehead atoms. The minimum absolute atomic E-state index is 0.0505. The summed E-state index contributed by atoms with van der Waals surface area (Å²) >= 11 is 0. The van der Waals surface area contributed by atoms with Crippen molar-refractivity contribution in [2.45, 2.75) is 62.5 Å². The molecule has 8 nitrogen and oxygen atoms in total. The van der Waals surface area contributed by atoms with E-state index in [-0.39, 0.29) is 36.0 Å². The molecule has 2 aliphatic rings. The number of carbonyl (C=O) groups excluding carboxylic acids is 1. The number of carbonyl (C=O) groups is 1. The van der Waals surface area contributed by atoms with Crippen molar-refractivity contribution < 1.29 is 26.4 Å².